The number of furan rings is 1. The molecule has 0 atom stereocenters. The summed E-state index contributed by atoms with van der Waals surface area (Å²) in [7, 11) is -2.21. The average molecular weight is 380 g/mol. The number of para-hydroxylation sites is 1. The molecule has 3 aromatic carbocycles. The van der Waals surface area contributed by atoms with Crippen molar-refractivity contribution in [2.24, 2.45) is 5.10 Å². The van der Waals surface area contributed by atoms with E-state index in [9.17, 15) is 8.42 Å². The third kappa shape index (κ3) is 3.37. The first-order valence-electron chi connectivity index (χ1n) is 8.17. The molecule has 0 aliphatic carbocycles. The highest BCUT2D eigenvalue weighted by Crippen LogP contribution is 2.30. The van der Waals surface area contributed by atoms with Crippen molar-refractivity contribution in [2.45, 2.75) is 4.90 Å². The van der Waals surface area contributed by atoms with Crippen LogP contribution < -0.4 is 9.57 Å². The Bertz CT molecular complexity index is 1240. The van der Waals surface area contributed by atoms with E-state index in [1.54, 1.807) is 43.5 Å². The molecule has 0 aliphatic rings. The number of nitrogens with one attached hydrogen (secondary N) is 1. The predicted octanol–water partition coefficient (Wildman–Crippen LogP) is 3.91. The van der Waals surface area contributed by atoms with Crippen molar-refractivity contribution in [3.05, 3.63) is 72.3 Å². The lowest BCUT2D eigenvalue weighted by molar-refractivity contribution is 0.415. The highest BCUT2D eigenvalue weighted by molar-refractivity contribution is 7.89. The second-order valence-electron chi connectivity index (χ2n) is 5.88. The van der Waals surface area contributed by atoms with Crippen LogP contribution in [0.15, 0.2) is 81.1 Å². The molecule has 0 unspecified atom stereocenters. The van der Waals surface area contributed by atoms with Crippen LogP contribution in [0, 0.1) is 0 Å². The summed E-state index contributed by atoms with van der Waals surface area (Å²) in [5.74, 6) is 0.716. The van der Waals surface area contributed by atoms with Crippen LogP contribution in [0.2, 0.25) is 0 Å². The molecule has 0 fully saturated rings. The quantitative estimate of drug-likeness (QED) is 0.420. The molecule has 0 bridgehead atoms. The van der Waals surface area contributed by atoms with E-state index in [2.05, 4.69) is 9.93 Å². The van der Waals surface area contributed by atoms with Crippen molar-refractivity contribution < 1.29 is 17.6 Å². The van der Waals surface area contributed by atoms with Gasteiger partial charge in [-0.25, -0.2) is 4.83 Å². The van der Waals surface area contributed by atoms with Gasteiger partial charge in [0.05, 0.1) is 18.2 Å². The summed E-state index contributed by atoms with van der Waals surface area (Å²) >= 11 is 0. The molecular weight excluding hydrogens is 364 g/mol. The Morgan fingerprint density at radius 3 is 2.48 bits per heavy atom. The fourth-order valence-corrected chi connectivity index (χ4v) is 3.60. The van der Waals surface area contributed by atoms with Gasteiger partial charge in [-0.05, 0) is 54.1 Å². The highest BCUT2D eigenvalue weighted by Gasteiger charge is 2.15. The van der Waals surface area contributed by atoms with Gasteiger partial charge < -0.3 is 9.15 Å². The van der Waals surface area contributed by atoms with Crippen LogP contribution in [0.5, 0.6) is 5.75 Å². The lowest BCUT2D eigenvalue weighted by Gasteiger charge is -2.03. The van der Waals surface area contributed by atoms with E-state index in [0.717, 1.165) is 16.3 Å². The molecule has 1 aromatic heterocycles. The smallest absolute Gasteiger partial charge is 0.276 e. The van der Waals surface area contributed by atoms with Crippen LogP contribution in [-0.2, 0) is 10.0 Å². The summed E-state index contributed by atoms with van der Waals surface area (Å²) in [5, 5.41) is 5.46. The van der Waals surface area contributed by atoms with Crippen molar-refractivity contribution in [3.63, 3.8) is 0 Å². The number of benzene rings is 3. The zero-order chi connectivity index (χ0) is 18.9. The summed E-state index contributed by atoms with van der Waals surface area (Å²) in [6, 6.07) is 19.3. The van der Waals surface area contributed by atoms with Gasteiger partial charge >= 0.3 is 0 Å². The van der Waals surface area contributed by atoms with E-state index >= 15 is 0 Å². The number of hydrogen-bond acceptors (Lipinski definition) is 5. The van der Waals surface area contributed by atoms with Crippen LogP contribution in [-0.4, -0.2) is 21.7 Å². The van der Waals surface area contributed by atoms with Crippen molar-refractivity contribution in [1.29, 1.82) is 0 Å². The Morgan fingerprint density at radius 2 is 1.70 bits per heavy atom. The molecule has 4 rings (SSSR count). The molecule has 7 heteroatoms. The molecule has 136 valence electrons. The average Bonchev–Trinajstić information content (AvgIpc) is 3.06. The number of rotatable bonds is 5. The standard InChI is InChI=1S/C20H16N2O4S/c1-25-15-8-6-14(7-9-15)13-21-22-27(23,24)16-10-11-20-18(12-16)17-4-2-3-5-19(17)26-20/h2-13,22H,1H3/b21-13+. The molecular formula is C20H16N2O4S. The van der Waals surface area contributed by atoms with E-state index in [1.807, 2.05) is 24.3 Å². The van der Waals surface area contributed by atoms with Crippen molar-refractivity contribution in [2.75, 3.05) is 7.11 Å². The largest absolute Gasteiger partial charge is 0.497 e. The first kappa shape index (κ1) is 17.1. The van der Waals surface area contributed by atoms with Gasteiger partial charge in [0.2, 0.25) is 0 Å². The van der Waals surface area contributed by atoms with E-state index in [1.165, 1.54) is 12.3 Å². The Hall–Kier alpha value is -3.32. The molecule has 0 aliphatic heterocycles. The Kier molecular flexibility index (Phi) is 4.29. The fourth-order valence-electron chi connectivity index (χ4n) is 2.79. The summed E-state index contributed by atoms with van der Waals surface area (Å²) in [6.45, 7) is 0. The number of fused-ring (bicyclic) bond motifs is 3. The summed E-state index contributed by atoms with van der Waals surface area (Å²) in [6.07, 6.45) is 1.43. The van der Waals surface area contributed by atoms with E-state index in [4.69, 9.17) is 9.15 Å². The van der Waals surface area contributed by atoms with Crippen LogP contribution in [0.25, 0.3) is 21.9 Å². The minimum Gasteiger partial charge on any atom is -0.497 e. The number of hydrazone groups is 1. The zero-order valence-corrected chi connectivity index (χ0v) is 15.2. The van der Waals surface area contributed by atoms with Gasteiger partial charge in [-0.3, -0.25) is 0 Å². The normalized spacial score (nSPS) is 12.0. The van der Waals surface area contributed by atoms with Crippen molar-refractivity contribution in [1.82, 2.24) is 4.83 Å². The number of methoxy groups -OCH3 is 1. The molecule has 4 aromatic rings. The van der Waals surface area contributed by atoms with E-state index < -0.39 is 10.0 Å². The molecule has 0 amide bonds. The molecule has 0 saturated heterocycles. The monoisotopic (exact) mass is 380 g/mol. The molecule has 0 radical (unpaired) electrons. The van der Waals surface area contributed by atoms with Crippen LogP contribution in [0.1, 0.15) is 5.56 Å². The number of hydrogen-bond donors (Lipinski definition) is 1. The number of ether oxygens (including phenoxy) is 1. The van der Waals surface area contributed by atoms with E-state index in [-0.39, 0.29) is 4.90 Å². The molecule has 1 N–H and O–H groups in total. The Morgan fingerprint density at radius 1 is 0.963 bits per heavy atom. The van der Waals surface area contributed by atoms with Crippen LogP contribution in [0.3, 0.4) is 0 Å². The lowest BCUT2D eigenvalue weighted by Crippen LogP contribution is -2.18. The topological polar surface area (TPSA) is 80.9 Å². The maximum absolute atomic E-state index is 12.5. The van der Waals surface area contributed by atoms with Crippen LogP contribution >= 0.6 is 0 Å². The SMILES string of the molecule is COc1ccc(/C=N/NS(=O)(=O)c2ccc3oc4ccccc4c3c2)cc1. The molecule has 0 spiro atoms. The van der Waals surface area contributed by atoms with Crippen molar-refractivity contribution in [3.8, 4) is 5.75 Å². The van der Waals surface area contributed by atoms with Crippen molar-refractivity contribution >= 4 is 38.2 Å². The summed E-state index contributed by atoms with van der Waals surface area (Å²) in [4.78, 5) is 2.36. The summed E-state index contributed by atoms with van der Waals surface area (Å²) < 4.78 is 35.9. The predicted molar refractivity (Wildman–Crippen MR) is 105 cm³/mol. The Labute approximate surface area is 156 Å². The first-order valence-corrected chi connectivity index (χ1v) is 9.65. The Balaban J connectivity index is 1.60. The van der Waals surface area contributed by atoms with E-state index in [0.29, 0.717) is 16.9 Å². The lowest BCUT2D eigenvalue weighted by atomic mass is 10.1. The van der Waals surface area contributed by atoms with Crippen LogP contribution in [0.4, 0.5) is 0 Å². The minimum absolute atomic E-state index is 0.119. The van der Waals surface area contributed by atoms with Gasteiger partial charge in [-0.2, -0.15) is 13.5 Å². The zero-order valence-electron chi connectivity index (χ0n) is 14.4. The maximum atomic E-state index is 12.5. The van der Waals surface area contributed by atoms with Gasteiger partial charge in [0.15, 0.2) is 0 Å². The molecule has 27 heavy (non-hydrogen) atoms. The number of nitrogens with zero attached hydrogens (tertiary/aromatic N) is 1. The third-order valence-corrected chi connectivity index (χ3v) is 5.38. The highest BCUT2D eigenvalue weighted by atomic mass is 32.2. The minimum atomic E-state index is -3.80. The van der Waals surface area contributed by atoms with Gasteiger partial charge in [0.1, 0.15) is 16.9 Å². The fraction of sp³-hybridized carbons (Fsp3) is 0.0500. The number of sulfonamides is 1. The first-order chi connectivity index (χ1) is 13.1. The van der Waals surface area contributed by atoms with Gasteiger partial charge in [-0.15, -0.1) is 0 Å². The second-order valence-corrected chi connectivity index (χ2v) is 7.54. The molecule has 6 nitrogen and oxygen atoms in total. The maximum Gasteiger partial charge on any atom is 0.276 e. The summed E-state index contributed by atoms with van der Waals surface area (Å²) in [5.41, 5.74) is 2.10. The molecule has 0 saturated carbocycles. The van der Waals surface area contributed by atoms with Gasteiger partial charge in [0, 0.05) is 10.8 Å². The molecule has 1 heterocycles. The van der Waals surface area contributed by atoms with Gasteiger partial charge in [-0.1, -0.05) is 18.2 Å². The van der Waals surface area contributed by atoms with Gasteiger partial charge in [0.25, 0.3) is 10.0 Å². The third-order valence-electron chi connectivity index (χ3n) is 4.16. The second kappa shape index (κ2) is 6.77.